The number of hydrogen-bond donors (Lipinski definition) is 0. The third-order valence-electron chi connectivity index (χ3n) is 4.64. The van der Waals surface area contributed by atoms with Gasteiger partial charge in [0.1, 0.15) is 23.0 Å². The molecule has 0 aliphatic rings. The van der Waals surface area contributed by atoms with Gasteiger partial charge in [-0.05, 0) is 55.3 Å². The van der Waals surface area contributed by atoms with E-state index >= 15 is 0 Å². The number of benzene rings is 3. The number of ether oxygens (including phenoxy) is 3. The van der Waals surface area contributed by atoms with Crippen LogP contribution in [-0.4, -0.2) is 24.9 Å². The largest absolute Gasteiger partial charge is 0.496 e. The summed E-state index contributed by atoms with van der Waals surface area (Å²) in [6, 6.07) is 14.8. The molecule has 3 rings (SSSR count). The average Bonchev–Trinajstić information content (AvgIpc) is 2.75. The highest BCUT2D eigenvalue weighted by Crippen LogP contribution is 2.35. The molecule has 7 heteroatoms. The first-order valence-corrected chi connectivity index (χ1v) is 9.15. The van der Waals surface area contributed by atoms with Gasteiger partial charge in [0, 0.05) is 12.1 Å². The first-order valence-electron chi connectivity index (χ1n) is 9.15. The maximum Gasteiger partial charge on any atom is 0.270 e. The zero-order valence-electron chi connectivity index (χ0n) is 17.1. The molecule has 0 N–H and O–H groups in total. The Hall–Kier alpha value is -3.87. The van der Waals surface area contributed by atoms with Crippen LogP contribution >= 0.6 is 0 Å². The van der Waals surface area contributed by atoms with Crippen LogP contribution in [0.25, 0.3) is 0 Å². The van der Waals surface area contributed by atoms with E-state index in [2.05, 4.69) is 0 Å². The Morgan fingerprint density at radius 1 is 0.867 bits per heavy atom. The van der Waals surface area contributed by atoms with Crippen molar-refractivity contribution >= 4 is 11.5 Å². The van der Waals surface area contributed by atoms with Gasteiger partial charge in [-0.1, -0.05) is 12.1 Å². The Labute approximate surface area is 174 Å². The van der Waals surface area contributed by atoms with Gasteiger partial charge in [0.25, 0.3) is 5.69 Å². The summed E-state index contributed by atoms with van der Waals surface area (Å²) in [5.74, 6) is 1.50. The van der Waals surface area contributed by atoms with Gasteiger partial charge >= 0.3 is 0 Å². The minimum atomic E-state index is -0.443. The highest BCUT2D eigenvalue weighted by Gasteiger charge is 2.20. The number of aryl methyl sites for hydroxylation is 2. The van der Waals surface area contributed by atoms with Gasteiger partial charge in [-0.2, -0.15) is 0 Å². The summed E-state index contributed by atoms with van der Waals surface area (Å²) in [5.41, 5.74) is 1.96. The second-order valence-electron chi connectivity index (χ2n) is 6.66. The van der Waals surface area contributed by atoms with E-state index in [0.29, 0.717) is 45.3 Å². The molecule has 3 aromatic carbocycles. The van der Waals surface area contributed by atoms with E-state index in [9.17, 15) is 14.9 Å². The molecule has 0 radical (unpaired) electrons. The lowest BCUT2D eigenvalue weighted by Gasteiger charge is -2.15. The Morgan fingerprint density at radius 2 is 1.47 bits per heavy atom. The molecular weight excluding hydrogens is 386 g/mol. The molecule has 0 saturated carbocycles. The number of methoxy groups -OCH3 is 2. The number of nitro groups is 1. The van der Waals surface area contributed by atoms with E-state index < -0.39 is 4.92 Å². The van der Waals surface area contributed by atoms with E-state index in [-0.39, 0.29) is 11.5 Å². The molecule has 0 fully saturated rings. The molecule has 0 amide bonds. The van der Waals surface area contributed by atoms with Crippen molar-refractivity contribution in [1.82, 2.24) is 0 Å². The van der Waals surface area contributed by atoms with Crippen LogP contribution in [0.3, 0.4) is 0 Å². The SMILES string of the molecule is COc1ccccc1C(=O)c1cc(Oc2c(C)cc([N+](=O)[O-])cc2C)ccc1OC. The fourth-order valence-corrected chi connectivity index (χ4v) is 3.22. The summed E-state index contributed by atoms with van der Waals surface area (Å²) < 4.78 is 16.7. The molecule has 154 valence electrons. The second-order valence-corrected chi connectivity index (χ2v) is 6.66. The van der Waals surface area contributed by atoms with Crippen LogP contribution in [0.5, 0.6) is 23.0 Å². The summed E-state index contributed by atoms with van der Waals surface area (Å²) in [7, 11) is 2.99. The molecule has 0 aliphatic carbocycles. The van der Waals surface area contributed by atoms with E-state index in [1.165, 1.54) is 26.4 Å². The highest BCUT2D eigenvalue weighted by molar-refractivity contribution is 6.12. The molecule has 3 aromatic rings. The molecule has 0 bridgehead atoms. The van der Waals surface area contributed by atoms with Gasteiger partial charge in [-0.25, -0.2) is 0 Å². The lowest BCUT2D eigenvalue weighted by Crippen LogP contribution is -2.06. The molecular formula is C23H21NO6. The first kappa shape index (κ1) is 20.9. The number of carbonyl (C=O) groups excluding carboxylic acids is 1. The summed E-state index contributed by atoms with van der Waals surface area (Å²) in [6.07, 6.45) is 0. The van der Waals surface area contributed by atoms with E-state index in [4.69, 9.17) is 14.2 Å². The normalized spacial score (nSPS) is 10.4. The number of hydrogen-bond acceptors (Lipinski definition) is 6. The summed E-state index contributed by atoms with van der Waals surface area (Å²) >= 11 is 0. The molecule has 0 unspecified atom stereocenters. The molecule has 7 nitrogen and oxygen atoms in total. The zero-order valence-corrected chi connectivity index (χ0v) is 17.1. The van der Waals surface area contributed by atoms with Crippen LogP contribution in [0.4, 0.5) is 5.69 Å². The van der Waals surface area contributed by atoms with Crippen molar-refractivity contribution in [2.75, 3.05) is 14.2 Å². The van der Waals surface area contributed by atoms with E-state index in [1.807, 2.05) is 0 Å². The summed E-state index contributed by atoms with van der Waals surface area (Å²) in [6.45, 7) is 3.47. The number of rotatable bonds is 7. The predicted octanol–water partition coefficient (Wildman–Crippen LogP) is 5.25. The topological polar surface area (TPSA) is 87.9 Å². The van der Waals surface area contributed by atoms with Gasteiger partial charge in [-0.15, -0.1) is 0 Å². The number of para-hydroxylation sites is 1. The first-order chi connectivity index (χ1) is 14.3. The van der Waals surface area contributed by atoms with Crippen molar-refractivity contribution in [1.29, 1.82) is 0 Å². The van der Waals surface area contributed by atoms with Crippen LogP contribution in [0.15, 0.2) is 54.6 Å². The van der Waals surface area contributed by atoms with Gasteiger partial charge in [0.2, 0.25) is 5.78 Å². The third-order valence-corrected chi connectivity index (χ3v) is 4.64. The quantitative estimate of drug-likeness (QED) is 0.302. The molecule has 0 atom stereocenters. The predicted molar refractivity (Wildman–Crippen MR) is 112 cm³/mol. The van der Waals surface area contributed by atoms with Crippen LogP contribution in [0.1, 0.15) is 27.0 Å². The minimum absolute atomic E-state index is 0.000814. The number of nitrogens with zero attached hydrogens (tertiary/aromatic N) is 1. The van der Waals surface area contributed by atoms with Crippen molar-refractivity contribution in [3.8, 4) is 23.0 Å². The molecule has 30 heavy (non-hydrogen) atoms. The Kier molecular flexibility index (Phi) is 6.01. The number of non-ortho nitro benzene ring substituents is 1. The van der Waals surface area contributed by atoms with Gasteiger partial charge in [-0.3, -0.25) is 14.9 Å². The lowest BCUT2D eigenvalue weighted by molar-refractivity contribution is -0.385. The standard InChI is InChI=1S/C23H21NO6/c1-14-11-16(24(26)27)12-15(2)23(14)30-17-9-10-21(29-4)19(13-17)22(25)18-7-5-6-8-20(18)28-3/h5-13H,1-4H3. The lowest BCUT2D eigenvalue weighted by atomic mass is 10.0. The Balaban J connectivity index is 2.02. The number of ketones is 1. The smallest absolute Gasteiger partial charge is 0.270 e. The Morgan fingerprint density at radius 3 is 2.07 bits per heavy atom. The fourth-order valence-electron chi connectivity index (χ4n) is 3.22. The second kappa shape index (κ2) is 8.65. The van der Waals surface area contributed by atoms with Crippen molar-refractivity contribution in [2.24, 2.45) is 0 Å². The number of carbonyl (C=O) groups is 1. The van der Waals surface area contributed by atoms with Crippen molar-refractivity contribution in [2.45, 2.75) is 13.8 Å². The molecule has 0 aliphatic heterocycles. The molecule has 0 heterocycles. The highest BCUT2D eigenvalue weighted by atomic mass is 16.6. The molecule has 0 saturated heterocycles. The number of nitro benzene ring substituents is 1. The zero-order chi connectivity index (χ0) is 21.8. The van der Waals surface area contributed by atoms with Crippen molar-refractivity contribution in [3.05, 3.63) is 87.0 Å². The minimum Gasteiger partial charge on any atom is -0.496 e. The van der Waals surface area contributed by atoms with Crippen molar-refractivity contribution in [3.63, 3.8) is 0 Å². The summed E-state index contributed by atoms with van der Waals surface area (Å²) in [5, 5.41) is 11.1. The van der Waals surface area contributed by atoms with Gasteiger partial charge < -0.3 is 14.2 Å². The maximum absolute atomic E-state index is 13.2. The third kappa shape index (κ3) is 4.10. The summed E-state index contributed by atoms with van der Waals surface area (Å²) in [4.78, 5) is 23.8. The van der Waals surface area contributed by atoms with E-state index in [0.717, 1.165) is 0 Å². The van der Waals surface area contributed by atoms with Crippen LogP contribution < -0.4 is 14.2 Å². The van der Waals surface area contributed by atoms with Crippen LogP contribution in [0, 0.1) is 24.0 Å². The van der Waals surface area contributed by atoms with Gasteiger partial charge in [0.15, 0.2) is 0 Å². The van der Waals surface area contributed by atoms with Crippen LogP contribution in [-0.2, 0) is 0 Å². The maximum atomic E-state index is 13.2. The Bertz CT molecular complexity index is 1100. The van der Waals surface area contributed by atoms with Gasteiger partial charge in [0.05, 0.1) is 30.3 Å². The molecule has 0 aromatic heterocycles. The fraction of sp³-hybridized carbons (Fsp3) is 0.174. The van der Waals surface area contributed by atoms with E-state index in [1.54, 1.807) is 56.3 Å². The van der Waals surface area contributed by atoms with Crippen molar-refractivity contribution < 1.29 is 23.9 Å². The monoisotopic (exact) mass is 407 g/mol. The average molecular weight is 407 g/mol. The van der Waals surface area contributed by atoms with Crippen LogP contribution in [0.2, 0.25) is 0 Å². The molecule has 0 spiro atoms.